The highest BCUT2D eigenvalue weighted by atomic mass is 16.4. The van der Waals surface area contributed by atoms with Crippen LogP contribution in [0.1, 0.15) is 22.5 Å². The molecule has 2 aromatic rings. The largest absolute Gasteiger partial charge is 0.481 e. The molecular weight excluding hydrogens is 288 g/mol. The van der Waals surface area contributed by atoms with Gasteiger partial charge >= 0.3 is 11.9 Å². The van der Waals surface area contributed by atoms with Gasteiger partial charge in [-0.25, -0.2) is 4.79 Å². The Kier molecular flexibility index (Phi) is 4.36. The molecule has 7 heteroatoms. The number of carbonyl (C=O) groups is 3. The second-order valence-electron chi connectivity index (χ2n) is 4.79. The molecular formula is C15H14N2O5. The Balaban J connectivity index is 2.36. The fourth-order valence-corrected chi connectivity index (χ4v) is 2.11. The Morgan fingerprint density at radius 3 is 2.55 bits per heavy atom. The van der Waals surface area contributed by atoms with Crippen LogP contribution in [0, 0.1) is 6.92 Å². The minimum absolute atomic E-state index is 0.264. The monoisotopic (exact) mass is 302 g/mol. The summed E-state index contributed by atoms with van der Waals surface area (Å²) in [5, 5.41) is 20.5. The highest BCUT2D eigenvalue weighted by molar-refractivity contribution is 6.07. The summed E-state index contributed by atoms with van der Waals surface area (Å²) in [5.41, 5.74) is 1.48. The second-order valence-corrected chi connectivity index (χ2v) is 4.79. The second kappa shape index (κ2) is 6.21. The number of amides is 1. The van der Waals surface area contributed by atoms with E-state index in [1.165, 1.54) is 6.07 Å². The minimum Gasteiger partial charge on any atom is -0.481 e. The van der Waals surface area contributed by atoms with Crippen LogP contribution in [0.3, 0.4) is 0 Å². The Hall–Kier alpha value is -2.96. The van der Waals surface area contributed by atoms with Gasteiger partial charge in [0, 0.05) is 11.1 Å². The lowest BCUT2D eigenvalue weighted by molar-refractivity contribution is -0.145. The molecule has 114 valence electrons. The number of fused-ring (bicyclic) bond motifs is 1. The molecule has 0 saturated carbocycles. The van der Waals surface area contributed by atoms with Crippen LogP contribution in [0.5, 0.6) is 0 Å². The van der Waals surface area contributed by atoms with Gasteiger partial charge in [0.25, 0.3) is 5.91 Å². The van der Waals surface area contributed by atoms with E-state index < -0.39 is 30.3 Å². The number of pyridine rings is 1. The SMILES string of the molecule is Cc1cc(C(=O)NC(CC(=O)O)C(=O)O)c2ccccc2n1. The fraction of sp³-hybridized carbons (Fsp3) is 0.200. The average molecular weight is 302 g/mol. The molecule has 22 heavy (non-hydrogen) atoms. The molecule has 1 unspecified atom stereocenters. The van der Waals surface area contributed by atoms with E-state index in [1.54, 1.807) is 31.2 Å². The molecule has 0 spiro atoms. The van der Waals surface area contributed by atoms with Crippen LogP contribution in [0.15, 0.2) is 30.3 Å². The van der Waals surface area contributed by atoms with E-state index in [-0.39, 0.29) is 5.56 Å². The maximum Gasteiger partial charge on any atom is 0.326 e. The van der Waals surface area contributed by atoms with Gasteiger partial charge in [-0.05, 0) is 19.1 Å². The van der Waals surface area contributed by atoms with Crippen molar-refractivity contribution in [3.63, 3.8) is 0 Å². The van der Waals surface area contributed by atoms with Crippen LogP contribution in [0.4, 0.5) is 0 Å². The van der Waals surface area contributed by atoms with Gasteiger partial charge in [0.2, 0.25) is 0 Å². The van der Waals surface area contributed by atoms with Crippen molar-refractivity contribution >= 4 is 28.7 Å². The average Bonchev–Trinajstić information content (AvgIpc) is 2.44. The standard InChI is InChI=1S/C15H14N2O5/c1-8-6-10(9-4-2-3-5-11(9)16-8)14(20)17-12(15(21)22)7-13(18)19/h2-6,12H,7H2,1H3,(H,17,20)(H,18,19)(H,21,22). The lowest BCUT2D eigenvalue weighted by atomic mass is 10.1. The number of rotatable bonds is 5. The Morgan fingerprint density at radius 1 is 1.23 bits per heavy atom. The summed E-state index contributed by atoms with van der Waals surface area (Å²) in [6.07, 6.45) is -0.691. The van der Waals surface area contributed by atoms with Crippen molar-refractivity contribution in [2.45, 2.75) is 19.4 Å². The third-order valence-electron chi connectivity index (χ3n) is 3.07. The van der Waals surface area contributed by atoms with Crippen molar-refractivity contribution in [2.24, 2.45) is 0 Å². The Morgan fingerprint density at radius 2 is 1.91 bits per heavy atom. The zero-order chi connectivity index (χ0) is 16.3. The molecule has 1 aromatic heterocycles. The molecule has 7 nitrogen and oxygen atoms in total. The maximum absolute atomic E-state index is 12.3. The molecule has 0 radical (unpaired) electrons. The number of hydrogen-bond donors (Lipinski definition) is 3. The first-order valence-electron chi connectivity index (χ1n) is 6.50. The van der Waals surface area contributed by atoms with Gasteiger partial charge in [-0.3, -0.25) is 14.6 Å². The molecule has 0 fully saturated rings. The number of hydrogen-bond acceptors (Lipinski definition) is 4. The molecule has 0 saturated heterocycles. The number of carboxylic acids is 2. The Labute approximate surface area is 125 Å². The van der Waals surface area contributed by atoms with E-state index in [2.05, 4.69) is 10.3 Å². The molecule has 3 N–H and O–H groups in total. The molecule has 1 heterocycles. The van der Waals surface area contributed by atoms with Crippen LogP contribution in [-0.4, -0.2) is 39.1 Å². The van der Waals surface area contributed by atoms with E-state index >= 15 is 0 Å². The molecule has 0 bridgehead atoms. The molecule has 2 rings (SSSR count). The zero-order valence-corrected chi connectivity index (χ0v) is 11.7. The van der Waals surface area contributed by atoms with Crippen molar-refractivity contribution in [1.82, 2.24) is 10.3 Å². The molecule has 1 atom stereocenters. The van der Waals surface area contributed by atoms with Gasteiger partial charge in [0.05, 0.1) is 17.5 Å². The van der Waals surface area contributed by atoms with Gasteiger partial charge in [-0.1, -0.05) is 18.2 Å². The third-order valence-corrected chi connectivity index (χ3v) is 3.07. The molecule has 1 aromatic carbocycles. The predicted molar refractivity (Wildman–Crippen MR) is 77.6 cm³/mol. The molecule has 0 aliphatic heterocycles. The van der Waals surface area contributed by atoms with Crippen LogP contribution >= 0.6 is 0 Å². The first kappa shape index (κ1) is 15.4. The van der Waals surface area contributed by atoms with E-state index in [4.69, 9.17) is 10.2 Å². The van der Waals surface area contributed by atoms with Gasteiger partial charge in [-0.15, -0.1) is 0 Å². The Bertz CT molecular complexity index is 757. The van der Waals surface area contributed by atoms with Gasteiger partial charge in [-0.2, -0.15) is 0 Å². The summed E-state index contributed by atoms with van der Waals surface area (Å²) in [5.74, 6) is -3.34. The van der Waals surface area contributed by atoms with Crippen molar-refractivity contribution in [2.75, 3.05) is 0 Å². The normalized spacial score (nSPS) is 11.9. The van der Waals surface area contributed by atoms with Crippen molar-refractivity contribution in [3.05, 3.63) is 41.6 Å². The topological polar surface area (TPSA) is 117 Å². The number of benzene rings is 1. The van der Waals surface area contributed by atoms with Crippen LogP contribution in [0.25, 0.3) is 10.9 Å². The number of nitrogens with one attached hydrogen (secondary N) is 1. The number of para-hydroxylation sites is 1. The summed E-state index contributed by atoms with van der Waals surface area (Å²) >= 11 is 0. The first-order chi connectivity index (χ1) is 10.4. The molecule has 0 aliphatic rings. The number of aromatic nitrogens is 1. The van der Waals surface area contributed by atoms with E-state index in [9.17, 15) is 14.4 Å². The van der Waals surface area contributed by atoms with E-state index in [0.29, 0.717) is 16.6 Å². The minimum atomic E-state index is -1.49. The summed E-state index contributed by atoms with van der Waals surface area (Å²) < 4.78 is 0. The summed E-state index contributed by atoms with van der Waals surface area (Å²) in [6.45, 7) is 1.72. The van der Waals surface area contributed by atoms with Crippen molar-refractivity contribution in [1.29, 1.82) is 0 Å². The highest BCUT2D eigenvalue weighted by Gasteiger charge is 2.24. The number of carbonyl (C=O) groups excluding carboxylic acids is 1. The number of aryl methyl sites for hydroxylation is 1. The summed E-state index contributed by atoms with van der Waals surface area (Å²) in [4.78, 5) is 38.3. The predicted octanol–water partition coefficient (Wildman–Crippen LogP) is 1.20. The summed E-state index contributed by atoms with van der Waals surface area (Å²) in [7, 11) is 0. The third kappa shape index (κ3) is 3.38. The van der Waals surface area contributed by atoms with E-state index in [0.717, 1.165) is 0 Å². The number of carboxylic acid groups (broad SMARTS) is 2. The van der Waals surface area contributed by atoms with E-state index in [1.807, 2.05) is 0 Å². The highest BCUT2D eigenvalue weighted by Crippen LogP contribution is 2.18. The number of aliphatic carboxylic acids is 2. The maximum atomic E-state index is 12.3. The fourth-order valence-electron chi connectivity index (χ4n) is 2.11. The van der Waals surface area contributed by atoms with Crippen LogP contribution in [0.2, 0.25) is 0 Å². The van der Waals surface area contributed by atoms with Gasteiger partial charge < -0.3 is 15.5 Å². The quantitative estimate of drug-likeness (QED) is 0.764. The zero-order valence-electron chi connectivity index (χ0n) is 11.7. The smallest absolute Gasteiger partial charge is 0.326 e. The van der Waals surface area contributed by atoms with Crippen molar-refractivity contribution < 1.29 is 24.6 Å². The molecule has 0 aliphatic carbocycles. The van der Waals surface area contributed by atoms with Gasteiger partial charge in [0.15, 0.2) is 0 Å². The summed E-state index contributed by atoms with van der Waals surface area (Å²) in [6, 6.07) is 7.01. The lowest BCUT2D eigenvalue weighted by Gasteiger charge is -2.14. The number of nitrogens with zero attached hydrogens (tertiary/aromatic N) is 1. The first-order valence-corrected chi connectivity index (χ1v) is 6.50. The van der Waals surface area contributed by atoms with Crippen LogP contribution < -0.4 is 5.32 Å². The van der Waals surface area contributed by atoms with Crippen LogP contribution in [-0.2, 0) is 9.59 Å². The molecule has 1 amide bonds. The van der Waals surface area contributed by atoms with Gasteiger partial charge in [0.1, 0.15) is 6.04 Å². The van der Waals surface area contributed by atoms with Crippen molar-refractivity contribution in [3.8, 4) is 0 Å². The lowest BCUT2D eigenvalue weighted by Crippen LogP contribution is -2.42.